The van der Waals surface area contributed by atoms with E-state index in [1.165, 1.54) is 10.7 Å². The summed E-state index contributed by atoms with van der Waals surface area (Å²) < 4.78 is 22.1. The number of aliphatic imine (C=N–C) groups is 1. The third-order valence-electron chi connectivity index (χ3n) is 7.90. The Hall–Kier alpha value is -4.07. The van der Waals surface area contributed by atoms with E-state index in [0.29, 0.717) is 41.9 Å². The highest BCUT2D eigenvalue weighted by molar-refractivity contribution is 6.14. The summed E-state index contributed by atoms with van der Waals surface area (Å²) in [5.41, 5.74) is 2.34. The van der Waals surface area contributed by atoms with E-state index in [0.717, 1.165) is 51.5 Å². The zero-order valence-electron chi connectivity index (χ0n) is 22.5. The number of ether oxygens (including phenoxy) is 2. The van der Waals surface area contributed by atoms with Crippen LogP contribution in [0.15, 0.2) is 56.9 Å². The van der Waals surface area contributed by atoms with Gasteiger partial charge in [0.25, 0.3) is 0 Å². The highest BCUT2D eigenvalue weighted by atomic mass is 16.5. The first-order chi connectivity index (χ1) is 19.6. The van der Waals surface area contributed by atoms with Gasteiger partial charge in [0, 0.05) is 58.4 Å². The molecule has 0 saturated carbocycles. The van der Waals surface area contributed by atoms with Gasteiger partial charge >= 0.3 is 5.69 Å². The van der Waals surface area contributed by atoms with Crippen LogP contribution in [0.5, 0.6) is 5.75 Å². The number of nitrogens with zero attached hydrogens (tertiary/aromatic N) is 8. The topological polar surface area (TPSA) is 124 Å². The van der Waals surface area contributed by atoms with Gasteiger partial charge in [0.15, 0.2) is 11.6 Å². The molecule has 0 radical (unpaired) electrons. The first-order valence-corrected chi connectivity index (χ1v) is 13.7. The Bertz CT molecular complexity index is 1570. The quantitative estimate of drug-likeness (QED) is 0.336. The van der Waals surface area contributed by atoms with Crippen LogP contribution in [-0.2, 0) is 18.3 Å². The zero-order valence-corrected chi connectivity index (χ0v) is 22.5. The average molecular weight is 548 g/mol. The molecule has 210 valence electrons. The summed E-state index contributed by atoms with van der Waals surface area (Å²) in [5.74, 6) is 8.83. The second kappa shape index (κ2) is 10.2. The number of aryl methyl sites for hydroxylation is 1. The monoisotopic (exact) mass is 547 g/mol. The lowest BCUT2D eigenvalue weighted by Crippen LogP contribution is -2.47. The van der Waals surface area contributed by atoms with Crippen molar-refractivity contribution in [3.8, 4) is 5.75 Å². The second-order valence-electron chi connectivity index (χ2n) is 10.4. The summed E-state index contributed by atoms with van der Waals surface area (Å²) in [7, 11) is 1.74. The number of anilines is 2. The molecule has 2 saturated heterocycles. The summed E-state index contributed by atoms with van der Waals surface area (Å²) >= 11 is 0. The SMILES string of the molecule is Cn1c(=O)n(CCN2CCN(c3ccc(OC4CCOC4)cc3)CC2)c2nc3c(n21)C(c1ccco1)=NCN3N. The normalized spacial score (nSPS) is 19.9. The molecule has 0 bridgehead atoms. The second-order valence-corrected chi connectivity index (χ2v) is 10.4. The Labute approximate surface area is 230 Å². The van der Waals surface area contributed by atoms with Gasteiger partial charge < -0.3 is 18.8 Å². The van der Waals surface area contributed by atoms with Crippen LogP contribution < -0.4 is 26.2 Å². The molecule has 3 aromatic heterocycles. The van der Waals surface area contributed by atoms with E-state index in [-0.39, 0.29) is 18.5 Å². The lowest BCUT2D eigenvalue weighted by molar-refractivity contribution is 0.141. The van der Waals surface area contributed by atoms with Gasteiger partial charge in [0.1, 0.15) is 29.9 Å². The Morgan fingerprint density at radius 3 is 2.65 bits per heavy atom. The first-order valence-electron chi connectivity index (χ1n) is 13.7. The van der Waals surface area contributed by atoms with Crippen LogP contribution in [0.2, 0.25) is 0 Å². The van der Waals surface area contributed by atoms with Gasteiger partial charge in [-0.25, -0.2) is 19.8 Å². The third-order valence-corrected chi connectivity index (χ3v) is 7.90. The van der Waals surface area contributed by atoms with E-state index >= 15 is 0 Å². The van der Waals surface area contributed by atoms with Gasteiger partial charge in [0.05, 0.1) is 19.5 Å². The summed E-state index contributed by atoms with van der Waals surface area (Å²) in [6.07, 6.45) is 2.70. The molecular formula is C27H33N9O4. The minimum Gasteiger partial charge on any atom is -0.488 e. The van der Waals surface area contributed by atoms with Crippen molar-refractivity contribution in [3.63, 3.8) is 0 Å². The first kappa shape index (κ1) is 24.9. The molecule has 1 atom stereocenters. The minimum absolute atomic E-state index is 0.136. The number of furan rings is 1. The molecule has 6 heterocycles. The lowest BCUT2D eigenvalue weighted by Gasteiger charge is -2.36. The van der Waals surface area contributed by atoms with Crippen LogP contribution in [0, 0.1) is 0 Å². The summed E-state index contributed by atoms with van der Waals surface area (Å²) in [6, 6.07) is 12.0. The van der Waals surface area contributed by atoms with Crippen LogP contribution in [0.4, 0.5) is 11.5 Å². The molecule has 2 N–H and O–H groups in total. The fourth-order valence-corrected chi connectivity index (χ4v) is 5.70. The molecule has 0 amide bonds. The number of rotatable bonds is 7. The summed E-state index contributed by atoms with van der Waals surface area (Å²) in [6.45, 7) is 6.61. The average Bonchev–Trinajstić information content (AvgIpc) is 3.78. The fraction of sp³-hybridized carbons (Fsp3) is 0.444. The third kappa shape index (κ3) is 4.35. The minimum atomic E-state index is -0.136. The standard InChI is InChI=1S/C27H33N9O4/c1-31-27(37)34(26-30-25-24(36(26)31)23(29-18-35(25)28)22-3-2-15-39-22)14-11-32-9-12-33(13-10-32)19-4-6-20(7-5-19)40-21-8-16-38-17-21/h2-7,15,21H,8-14,16-18,28H2,1H3. The lowest BCUT2D eigenvalue weighted by atomic mass is 10.2. The highest BCUT2D eigenvalue weighted by Crippen LogP contribution is 2.27. The number of imidazole rings is 1. The van der Waals surface area contributed by atoms with Crippen LogP contribution >= 0.6 is 0 Å². The molecule has 13 heteroatoms. The van der Waals surface area contributed by atoms with Gasteiger partial charge in [-0.2, -0.15) is 4.98 Å². The number of hydrazine groups is 1. The van der Waals surface area contributed by atoms with Crippen molar-refractivity contribution in [1.82, 2.24) is 23.6 Å². The van der Waals surface area contributed by atoms with E-state index in [2.05, 4.69) is 26.9 Å². The molecular weight excluding hydrogens is 514 g/mol. The van der Waals surface area contributed by atoms with Crippen LogP contribution in [0.1, 0.15) is 17.9 Å². The molecule has 4 aromatic rings. The predicted molar refractivity (Wildman–Crippen MR) is 149 cm³/mol. The molecule has 1 unspecified atom stereocenters. The van der Waals surface area contributed by atoms with Gasteiger partial charge in [-0.3, -0.25) is 19.5 Å². The maximum absolute atomic E-state index is 13.3. The molecule has 2 fully saturated rings. The van der Waals surface area contributed by atoms with Crippen molar-refractivity contribution in [1.29, 1.82) is 0 Å². The molecule has 7 rings (SSSR count). The van der Waals surface area contributed by atoms with Gasteiger partial charge in [-0.05, 0) is 36.4 Å². The fourth-order valence-electron chi connectivity index (χ4n) is 5.70. The van der Waals surface area contributed by atoms with Crippen molar-refractivity contribution in [2.45, 2.75) is 19.1 Å². The maximum Gasteiger partial charge on any atom is 0.345 e. The predicted octanol–water partition coefficient (Wildman–Crippen LogP) is 0.906. The summed E-state index contributed by atoms with van der Waals surface area (Å²) in [5, 5.41) is 1.49. The molecule has 1 aromatic carbocycles. The Morgan fingerprint density at radius 2 is 1.93 bits per heavy atom. The number of hydrogen-bond acceptors (Lipinski definition) is 10. The van der Waals surface area contributed by atoms with E-state index in [1.54, 1.807) is 27.1 Å². The maximum atomic E-state index is 13.3. The zero-order chi connectivity index (χ0) is 27.2. The Balaban J connectivity index is 1.03. The molecule has 13 nitrogen and oxygen atoms in total. The van der Waals surface area contributed by atoms with Gasteiger partial charge in [0.2, 0.25) is 5.78 Å². The van der Waals surface area contributed by atoms with E-state index in [1.807, 2.05) is 24.3 Å². The number of piperazine rings is 1. The van der Waals surface area contributed by atoms with Crippen molar-refractivity contribution < 1.29 is 13.9 Å². The van der Waals surface area contributed by atoms with E-state index in [9.17, 15) is 4.79 Å². The molecule has 3 aliphatic rings. The van der Waals surface area contributed by atoms with Crippen molar-refractivity contribution in [2.24, 2.45) is 17.9 Å². The van der Waals surface area contributed by atoms with Crippen LogP contribution in [0.3, 0.4) is 0 Å². The number of aromatic nitrogens is 4. The van der Waals surface area contributed by atoms with Crippen LogP contribution in [-0.4, -0.2) is 88.1 Å². The van der Waals surface area contributed by atoms with E-state index < -0.39 is 0 Å². The molecule has 0 aliphatic carbocycles. The number of fused-ring (bicyclic) bond motifs is 3. The smallest absolute Gasteiger partial charge is 0.345 e. The van der Waals surface area contributed by atoms with Crippen molar-refractivity contribution in [3.05, 3.63) is 64.6 Å². The summed E-state index contributed by atoms with van der Waals surface area (Å²) in [4.78, 5) is 27.4. The number of benzene rings is 1. The molecule has 40 heavy (non-hydrogen) atoms. The largest absolute Gasteiger partial charge is 0.488 e. The Morgan fingerprint density at radius 1 is 1.10 bits per heavy atom. The number of nitrogens with two attached hydrogens (primary N) is 1. The van der Waals surface area contributed by atoms with Crippen molar-refractivity contribution in [2.75, 3.05) is 62.5 Å². The molecule has 0 spiro atoms. The van der Waals surface area contributed by atoms with Crippen molar-refractivity contribution >= 4 is 23.0 Å². The van der Waals surface area contributed by atoms with Crippen LogP contribution in [0.25, 0.3) is 5.78 Å². The van der Waals surface area contributed by atoms with E-state index in [4.69, 9.17) is 24.7 Å². The number of hydrogen-bond donors (Lipinski definition) is 1. The highest BCUT2D eigenvalue weighted by Gasteiger charge is 2.31. The molecule has 3 aliphatic heterocycles. The Kier molecular flexibility index (Phi) is 6.33. The van der Waals surface area contributed by atoms with Gasteiger partial charge in [-0.15, -0.1) is 0 Å². The van der Waals surface area contributed by atoms with Gasteiger partial charge in [-0.1, -0.05) is 0 Å².